The molecule has 5 rings (SSSR count). The van der Waals surface area contributed by atoms with Crippen molar-refractivity contribution in [2.24, 2.45) is 0 Å². The smallest absolute Gasteiger partial charge is 0.414 e. The summed E-state index contributed by atoms with van der Waals surface area (Å²) in [5.74, 6) is 1.75. The third kappa shape index (κ3) is 6.39. The number of amides is 1. The summed E-state index contributed by atoms with van der Waals surface area (Å²) in [6.45, 7) is 12.3. The molecule has 40 heavy (non-hydrogen) atoms. The number of ether oxygens (including phenoxy) is 3. The van der Waals surface area contributed by atoms with Crippen LogP contribution in [0.4, 0.5) is 10.7 Å². The van der Waals surface area contributed by atoms with E-state index in [1.807, 2.05) is 45.5 Å². The van der Waals surface area contributed by atoms with Crippen molar-refractivity contribution in [2.75, 3.05) is 37.9 Å². The van der Waals surface area contributed by atoms with Crippen molar-refractivity contribution < 1.29 is 19.0 Å². The number of pyridine rings is 1. The highest BCUT2D eigenvalue weighted by atomic mass is 32.2. The molecule has 0 aliphatic carbocycles. The van der Waals surface area contributed by atoms with Gasteiger partial charge in [0.15, 0.2) is 5.65 Å². The predicted octanol–water partition coefficient (Wildman–Crippen LogP) is 4.50. The van der Waals surface area contributed by atoms with E-state index in [4.69, 9.17) is 29.3 Å². The van der Waals surface area contributed by atoms with Gasteiger partial charge in [-0.05, 0) is 60.1 Å². The summed E-state index contributed by atoms with van der Waals surface area (Å²) in [6.07, 6.45) is 5.28. The minimum atomic E-state index is -0.644. The zero-order valence-corrected chi connectivity index (χ0v) is 24.8. The number of nitrogens with zero attached hydrogens (tertiary/aromatic N) is 5. The molecule has 3 aromatic rings. The molecule has 3 aromatic heterocycles. The maximum absolute atomic E-state index is 12.6. The molecule has 5 heterocycles. The monoisotopic (exact) mass is 567 g/mol. The summed E-state index contributed by atoms with van der Waals surface area (Å²) >= 11 is 1.63. The number of hydrogen-bond acceptors (Lipinski definition) is 10. The lowest BCUT2D eigenvalue weighted by Crippen LogP contribution is -2.30. The van der Waals surface area contributed by atoms with Crippen LogP contribution in [-0.4, -0.2) is 75.1 Å². The molecule has 2 N–H and O–H groups in total. The zero-order valence-electron chi connectivity index (χ0n) is 24.0. The Morgan fingerprint density at radius 2 is 2.10 bits per heavy atom. The van der Waals surface area contributed by atoms with Crippen molar-refractivity contribution in [1.82, 2.24) is 30.0 Å². The molecule has 12 heteroatoms. The van der Waals surface area contributed by atoms with Gasteiger partial charge < -0.3 is 19.5 Å². The normalized spacial score (nSPS) is 17.1. The van der Waals surface area contributed by atoms with E-state index in [1.165, 1.54) is 5.57 Å². The average molecular weight is 568 g/mol. The number of hydrogen-bond donors (Lipinski definition) is 2. The molecular weight excluding hydrogens is 530 g/mol. The van der Waals surface area contributed by atoms with Crippen molar-refractivity contribution in [3.63, 3.8) is 0 Å². The first-order chi connectivity index (χ1) is 19.1. The van der Waals surface area contributed by atoms with Gasteiger partial charge in [0.05, 0.1) is 37.0 Å². The lowest BCUT2D eigenvalue weighted by Gasteiger charge is -2.19. The standard InChI is InChI=1S/C28H37N7O4S/c1-16-12-30-21(17(2)23(16)37-6)13-35-24-22-20(34-35)11-18(7-9-29-19-8-10-38-14-19)15-40-25(22)32-26(31-24)33-27(36)39-28(3,4)5/h11-12,19,29H,7-10,13-15H2,1-6H3,(H,31,32,33,36)/t19-/m1/s1. The highest BCUT2D eigenvalue weighted by molar-refractivity contribution is 7.99. The molecule has 1 saturated heterocycles. The number of aryl methyl sites for hydroxylation is 1. The Hall–Kier alpha value is -3.22. The van der Waals surface area contributed by atoms with Gasteiger partial charge in [-0.2, -0.15) is 10.1 Å². The Balaban J connectivity index is 1.49. The van der Waals surface area contributed by atoms with E-state index in [9.17, 15) is 4.79 Å². The molecule has 0 spiro atoms. The maximum Gasteiger partial charge on any atom is 0.414 e. The van der Waals surface area contributed by atoms with Crippen LogP contribution in [0.25, 0.3) is 17.1 Å². The molecule has 1 fully saturated rings. The molecule has 1 amide bonds. The van der Waals surface area contributed by atoms with Gasteiger partial charge in [0.2, 0.25) is 5.95 Å². The maximum atomic E-state index is 12.6. The molecule has 11 nitrogen and oxygen atoms in total. The molecular formula is C28H37N7O4S. The molecule has 0 radical (unpaired) electrons. The fourth-order valence-electron chi connectivity index (χ4n) is 4.88. The fourth-order valence-corrected chi connectivity index (χ4v) is 5.92. The summed E-state index contributed by atoms with van der Waals surface area (Å²) in [4.78, 5) is 26.7. The van der Waals surface area contributed by atoms with Gasteiger partial charge >= 0.3 is 6.09 Å². The number of aromatic nitrogens is 5. The van der Waals surface area contributed by atoms with Gasteiger partial charge in [-0.1, -0.05) is 5.57 Å². The molecule has 1 atom stereocenters. The van der Waals surface area contributed by atoms with Gasteiger partial charge in [-0.25, -0.2) is 14.5 Å². The fraction of sp³-hybridized carbons (Fsp3) is 0.536. The Morgan fingerprint density at radius 1 is 1.27 bits per heavy atom. The van der Waals surface area contributed by atoms with Gasteiger partial charge in [-0.3, -0.25) is 10.3 Å². The number of rotatable bonds is 8. The molecule has 2 aliphatic rings. The molecule has 0 unspecified atom stereocenters. The number of anilines is 1. The van der Waals surface area contributed by atoms with E-state index in [1.54, 1.807) is 18.9 Å². The van der Waals surface area contributed by atoms with Crippen molar-refractivity contribution in [2.45, 2.75) is 70.7 Å². The number of carbonyl (C=O) groups excluding carboxylic acids is 1. The minimum absolute atomic E-state index is 0.175. The lowest BCUT2D eigenvalue weighted by atomic mass is 10.1. The zero-order chi connectivity index (χ0) is 28.4. The molecule has 2 aliphatic heterocycles. The second-order valence-corrected chi connectivity index (χ2v) is 12.1. The van der Waals surface area contributed by atoms with Crippen LogP contribution in [0.5, 0.6) is 5.75 Å². The highest BCUT2D eigenvalue weighted by Gasteiger charge is 2.25. The van der Waals surface area contributed by atoms with Crippen LogP contribution in [-0.2, 0) is 16.0 Å². The second-order valence-electron chi connectivity index (χ2n) is 11.1. The predicted molar refractivity (Wildman–Crippen MR) is 155 cm³/mol. The summed E-state index contributed by atoms with van der Waals surface area (Å²) in [5.41, 5.74) is 4.81. The first-order valence-corrected chi connectivity index (χ1v) is 14.5. The van der Waals surface area contributed by atoms with Crippen molar-refractivity contribution in [3.05, 3.63) is 34.3 Å². The largest absolute Gasteiger partial charge is 0.496 e. The third-order valence-corrected chi connectivity index (χ3v) is 7.88. The van der Waals surface area contributed by atoms with Gasteiger partial charge in [0.25, 0.3) is 0 Å². The van der Waals surface area contributed by atoms with E-state index in [0.29, 0.717) is 18.2 Å². The molecule has 0 aromatic carbocycles. The summed E-state index contributed by atoms with van der Waals surface area (Å²) in [6, 6.07) is 0.414. The van der Waals surface area contributed by atoms with E-state index in [0.717, 1.165) is 77.0 Å². The van der Waals surface area contributed by atoms with Crippen LogP contribution in [0.2, 0.25) is 0 Å². The quantitative estimate of drug-likeness (QED) is 0.376. The third-order valence-electron chi connectivity index (χ3n) is 6.79. The topological polar surface area (TPSA) is 125 Å². The number of nitrogens with one attached hydrogen (secondary N) is 2. The van der Waals surface area contributed by atoms with E-state index >= 15 is 0 Å². The lowest BCUT2D eigenvalue weighted by molar-refractivity contribution is 0.0634. The van der Waals surface area contributed by atoms with Gasteiger partial charge in [-0.15, -0.1) is 11.8 Å². The van der Waals surface area contributed by atoms with E-state index in [-0.39, 0.29) is 5.95 Å². The number of thioether (sulfide) groups is 1. The highest BCUT2D eigenvalue weighted by Crippen LogP contribution is 2.36. The summed E-state index contributed by atoms with van der Waals surface area (Å²) in [7, 11) is 1.67. The molecule has 214 valence electrons. The number of methoxy groups -OCH3 is 1. The average Bonchev–Trinajstić information content (AvgIpc) is 3.47. The Kier molecular flexibility index (Phi) is 8.29. The van der Waals surface area contributed by atoms with Crippen LogP contribution in [0.3, 0.4) is 0 Å². The first-order valence-electron chi connectivity index (χ1n) is 13.5. The SMILES string of the molecule is COc1c(C)cnc(Cn2nc3c4c(nc(NC(=O)OC(C)(C)C)nc42)SCC(CCN[C@@H]2CCOC2)=C3)c1C. The minimum Gasteiger partial charge on any atom is -0.496 e. The van der Waals surface area contributed by atoms with E-state index in [2.05, 4.69) is 21.7 Å². The van der Waals surface area contributed by atoms with Crippen LogP contribution in [0.15, 0.2) is 16.8 Å². The van der Waals surface area contributed by atoms with Crippen LogP contribution in [0.1, 0.15) is 56.1 Å². The Morgan fingerprint density at radius 3 is 2.83 bits per heavy atom. The van der Waals surface area contributed by atoms with Crippen LogP contribution >= 0.6 is 11.8 Å². The first kappa shape index (κ1) is 28.3. The van der Waals surface area contributed by atoms with Crippen molar-refractivity contribution in [3.8, 4) is 5.75 Å². The Labute approximate surface area is 238 Å². The van der Waals surface area contributed by atoms with Crippen molar-refractivity contribution >= 4 is 40.9 Å². The van der Waals surface area contributed by atoms with Crippen molar-refractivity contribution in [1.29, 1.82) is 0 Å². The van der Waals surface area contributed by atoms with Crippen LogP contribution < -0.4 is 15.4 Å². The molecule has 0 saturated carbocycles. The summed E-state index contributed by atoms with van der Waals surface area (Å²) in [5, 5.41) is 12.9. The van der Waals surface area contributed by atoms with E-state index < -0.39 is 11.7 Å². The second kappa shape index (κ2) is 11.7. The summed E-state index contributed by atoms with van der Waals surface area (Å²) < 4.78 is 18.4. The molecule has 0 bridgehead atoms. The van der Waals surface area contributed by atoms with Crippen LogP contribution in [0, 0.1) is 13.8 Å². The van der Waals surface area contributed by atoms with Gasteiger partial charge in [0, 0.05) is 35.7 Å². The Bertz CT molecular complexity index is 1440. The van der Waals surface area contributed by atoms with Gasteiger partial charge in [0.1, 0.15) is 16.4 Å². The number of carbonyl (C=O) groups is 1.